The first-order valence-electron chi connectivity index (χ1n) is 4.44. The summed E-state index contributed by atoms with van der Waals surface area (Å²) in [4.78, 5) is 2.00. The molecule has 1 unspecified atom stereocenters. The van der Waals surface area contributed by atoms with E-state index in [0.717, 1.165) is 29.1 Å². The molecule has 0 saturated heterocycles. The molecule has 0 aliphatic heterocycles. The smallest absolute Gasteiger partial charge is 0.107 e. The molecule has 0 spiro atoms. The Morgan fingerprint density at radius 1 is 1.44 bits per heavy atom. The number of rotatable bonds is 2. The van der Waals surface area contributed by atoms with Crippen LogP contribution in [0.4, 0.5) is 0 Å². The lowest BCUT2D eigenvalue weighted by molar-refractivity contribution is 0.916. The molecule has 0 fully saturated rings. The van der Waals surface area contributed by atoms with Gasteiger partial charge in [-0.25, -0.2) is 0 Å². The van der Waals surface area contributed by atoms with Crippen molar-refractivity contribution in [2.24, 2.45) is 5.73 Å². The van der Waals surface area contributed by atoms with Crippen LogP contribution in [0.5, 0.6) is 0 Å². The lowest BCUT2D eigenvalue weighted by Crippen LogP contribution is -2.08. The van der Waals surface area contributed by atoms with Crippen LogP contribution in [0.3, 0.4) is 0 Å². The van der Waals surface area contributed by atoms with E-state index in [1.54, 1.807) is 11.3 Å². The molecule has 86 valence electrons. The molecule has 2 heterocycles. The van der Waals surface area contributed by atoms with Gasteiger partial charge in [0.25, 0.3) is 0 Å². The second-order valence-electron chi connectivity index (χ2n) is 3.35. The monoisotopic (exact) mass is 355 g/mol. The molecule has 2 aromatic heterocycles. The normalized spacial score (nSPS) is 13.1. The SMILES string of the molecule is Cc1csc(C(N)c2cc(Br)c(Cl)s2)c1Cl. The van der Waals surface area contributed by atoms with Crippen LogP contribution >= 0.6 is 61.8 Å². The molecule has 16 heavy (non-hydrogen) atoms. The van der Waals surface area contributed by atoms with Gasteiger partial charge in [0, 0.05) is 14.2 Å². The molecule has 0 saturated carbocycles. The van der Waals surface area contributed by atoms with Crippen LogP contribution in [0.15, 0.2) is 15.9 Å². The lowest BCUT2D eigenvalue weighted by Gasteiger charge is -2.07. The summed E-state index contributed by atoms with van der Waals surface area (Å²) in [6, 6.07) is 1.75. The Balaban J connectivity index is 2.38. The van der Waals surface area contributed by atoms with E-state index < -0.39 is 0 Å². The average molecular weight is 357 g/mol. The van der Waals surface area contributed by atoms with Gasteiger partial charge in [0.1, 0.15) is 4.34 Å². The maximum atomic E-state index is 6.19. The zero-order valence-corrected chi connectivity index (χ0v) is 13.0. The van der Waals surface area contributed by atoms with Gasteiger partial charge in [-0.3, -0.25) is 0 Å². The highest BCUT2D eigenvalue weighted by molar-refractivity contribution is 9.10. The van der Waals surface area contributed by atoms with Crippen molar-refractivity contribution in [2.75, 3.05) is 0 Å². The summed E-state index contributed by atoms with van der Waals surface area (Å²) in [5.41, 5.74) is 7.24. The minimum absolute atomic E-state index is 0.194. The minimum atomic E-state index is -0.194. The number of hydrogen-bond donors (Lipinski definition) is 1. The second-order valence-corrected chi connectivity index (χ2v) is 7.17. The third kappa shape index (κ3) is 2.33. The maximum Gasteiger partial charge on any atom is 0.107 e. The fourth-order valence-electron chi connectivity index (χ4n) is 1.31. The van der Waals surface area contributed by atoms with Gasteiger partial charge in [0.05, 0.1) is 11.1 Å². The molecule has 0 bridgehead atoms. The molecule has 1 atom stereocenters. The van der Waals surface area contributed by atoms with E-state index in [1.165, 1.54) is 11.3 Å². The molecule has 0 amide bonds. The highest BCUT2D eigenvalue weighted by atomic mass is 79.9. The molecule has 2 N–H and O–H groups in total. The van der Waals surface area contributed by atoms with E-state index in [1.807, 2.05) is 18.4 Å². The van der Waals surface area contributed by atoms with Gasteiger partial charge in [0.15, 0.2) is 0 Å². The standard InChI is InChI=1S/C10H8BrCl2NS2/c1-4-3-15-9(7(4)12)8(14)6-2-5(11)10(13)16-6/h2-3,8H,14H2,1H3. The van der Waals surface area contributed by atoms with Crippen molar-refractivity contribution in [1.82, 2.24) is 0 Å². The van der Waals surface area contributed by atoms with E-state index >= 15 is 0 Å². The van der Waals surface area contributed by atoms with Crippen molar-refractivity contribution >= 4 is 61.8 Å². The molecule has 0 radical (unpaired) electrons. The van der Waals surface area contributed by atoms with Crippen LogP contribution in [-0.2, 0) is 0 Å². The number of aryl methyl sites for hydroxylation is 1. The summed E-state index contributed by atoms with van der Waals surface area (Å²) >= 11 is 18.6. The van der Waals surface area contributed by atoms with Gasteiger partial charge in [-0.15, -0.1) is 22.7 Å². The van der Waals surface area contributed by atoms with Crippen LogP contribution in [0.2, 0.25) is 9.36 Å². The number of nitrogens with two attached hydrogens (primary N) is 1. The molecule has 2 aromatic rings. The van der Waals surface area contributed by atoms with Crippen molar-refractivity contribution in [3.63, 3.8) is 0 Å². The van der Waals surface area contributed by atoms with Crippen LogP contribution in [-0.4, -0.2) is 0 Å². The van der Waals surface area contributed by atoms with E-state index in [2.05, 4.69) is 15.9 Å². The highest BCUT2D eigenvalue weighted by Gasteiger charge is 2.19. The Morgan fingerprint density at radius 3 is 2.56 bits per heavy atom. The predicted octanol–water partition coefficient (Wildman–Crippen LogP) is 5.24. The van der Waals surface area contributed by atoms with Crippen LogP contribution in [0.1, 0.15) is 21.4 Å². The predicted molar refractivity (Wildman–Crippen MR) is 77.1 cm³/mol. The maximum absolute atomic E-state index is 6.19. The second kappa shape index (κ2) is 4.96. The van der Waals surface area contributed by atoms with Crippen LogP contribution < -0.4 is 5.73 Å². The average Bonchev–Trinajstić information content (AvgIpc) is 2.73. The molecular formula is C10H8BrCl2NS2. The van der Waals surface area contributed by atoms with Gasteiger partial charge < -0.3 is 5.73 Å². The Labute approximate surface area is 120 Å². The van der Waals surface area contributed by atoms with Gasteiger partial charge in [-0.05, 0) is 39.9 Å². The Kier molecular flexibility index (Phi) is 3.99. The lowest BCUT2D eigenvalue weighted by atomic mass is 10.2. The molecule has 0 aliphatic rings. The first kappa shape index (κ1) is 12.9. The molecule has 1 nitrogen and oxygen atoms in total. The van der Waals surface area contributed by atoms with Crippen molar-refractivity contribution in [3.8, 4) is 0 Å². The molecule has 0 aromatic carbocycles. The van der Waals surface area contributed by atoms with Gasteiger partial charge in [-0.1, -0.05) is 23.2 Å². The Bertz CT molecular complexity index is 501. The summed E-state index contributed by atoms with van der Waals surface area (Å²) in [5, 5.41) is 2.78. The van der Waals surface area contributed by atoms with Crippen LogP contribution in [0.25, 0.3) is 0 Å². The highest BCUT2D eigenvalue weighted by Crippen LogP contribution is 2.40. The third-order valence-electron chi connectivity index (χ3n) is 2.18. The van der Waals surface area contributed by atoms with E-state index in [-0.39, 0.29) is 6.04 Å². The van der Waals surface area contributed by atoms with Gasteiger partial charge >= 0.3 is 0 Å². The van der Waals surface area contributed by atoms with E-state index in [9.17, 15) is 0 Å². The summed E-state index contributed by atoms with van der Waals surface area (Å²) in [5.74, 6) is 0. The fraction of sp³-hybridized carbons (Fsp3) is 0.200. The molecule has 6 heteroatoms. The number of halogens is 3. The van der Waals surface area contributed by atoms with Crippen molar-refractivity contribution in [1.29, 1.82) is 0 Å². The largest absolute Gasteiger partial charge is 0.319 e. The number of hydrogen-bond acceptors (Lipinski definition) is 3. The molecule has 0 aliphatic carbocycles. The third-order valence-corrected chi connectivity index (χ3v) is 6.53. The summed E-state index contributed by atoms with van der Waals surface area (Å²) in [6.45, 7) is 1.98. The minimum Gasteiger partial charge on any atom is -0.319 e. The quantitative estimate of drug-likeness (QED) is 0.782. The first-order valence-corrected chi connectivity index (χ1v) is 7.69. The first-order chi connectivity index (χ1) is 7.50. The summed E-state index contributed by atoms with van der Waals surface area (Å²) in [7, 11) is 0. The van der Waals surface area contributed by atoms with Crippen molar-refractivity contribution < 1.29 is 0 Å². The van der Waals surface area contributed by atoms with E-state index in [4.69, 9.17) is 28.9 Å². The zero-order chi connectivity index (χ0) is 11.9. The van der Waals surface area contributed by atoms with E-state index in [0.29, 0.717) is 0 Å². The van der Waals surface area contributed by atoms with Crippen molar-refractivity contribution in [2.45, 2.75) is 13.0 Å². The summed E-state index contributed by atoms with van der Waals surface area (Å²) in [6.07, 6.45) is 0. The summed E-state index contributed by atoms with van der Waals surface area (Å²) < 4.78 is 1.60. The zero-order valence-electron chi connectivity index (χ0n) is 8.26. The molecular weight excluding hydrogens is 349 g/mol. The Morgan fingerprint density at radius 2 is 2.12 bits per heavy atom. The topological polar surface area (TPSA) is 26.0 Å². The van der Waals surface area contributed by atoms with Gasteiger partial charge in [0.2, 0.25) is 0 Å². The molecule has 2 rings (SSSR count). The van der Waals surface area contributed by atoms with Crippen LogP contribution in [0, 0.1) is 6.92 Å². The van der Waals surface area contributed by atoms with Gasteiger partial charge in [-0.2, -0.15) is 0 Å². The fourth-order valence-corrected chi connectivity index (χ4v) is 4.46. The number of thiophene rings is 2. The van der Waals surface area contributed by atoms with Crippen molar-refractivity contribution in [3.05, 3.63) is 40.6 Å². The Hall–Kier alpha value is 0.420.